The van der Waals surface area contributed by atoms with Crippen LogP contribution < -0.4 is 10.3 Å². The molecule has 0 amide bonds. The van der Waals surface area contributed by atoms with Crippen LogP contribution in [-0.4, -0.2) is 69.7 Å². The highest BCUT2D eigenvalue weighted by Crippen LogP contribution is 2.21. The molecule has 32 heavy (non-hydrogen) atoms. The first-order valence-electron chi connectivity index (χ1n) is 11.0. The van der Waals surface area contributed by atoms with Gasteiger partial charge in [0.25, 0.3) is 5.56 Å². The van der Waals surface area contributed by atoms with Crippen molar-refractivity contribution < 1.29 is 14.2 Å². The Balaban J connectivity index is 1.58. The van der Waals surface area contributed by atoms with E-state index < -0.39 is 0 Å². The third-order valence-electron chi connectivity index (χ3n) is 5.56. The molecule has 1 aliphatic heterocycles. The molecule has 1 atom stereocenters. The minimum absolute atomic E-state index is 0.0991. The summed E-state index contributed by atoms with van der Waals surface area (Å²) in [6.07, 6.45) is 2.21. The van der Waals surface area contributed by atoms with E-state index >= 15 is 0 Å². The first-order valence-corrected chi connectivity index (χ1v) is 11.0. The van der Waals surface area contributed by atoms with E-state index in [0.717, 1.165) is 41.9 Å². The Hall–Kier alpha value is -2.82. The molecule has 172 valence electrons. The molecule has 1 aromatic carbocycles. The zero-order chi connectivity index (χ0) is 22.3. The van der Waals surface area contributed by atoms with Gasteiger partial charge in [-0.15, -0.1) is 5.10 Å². The largest absolute Gasteiger partial charge is 0.494 e. The molecule has 1 unspecified atom stereocenters. The summed E-state index contributed by atoms with van der Waals surface area (Å²) in [5.74, 6) is 1.52. The van der Waals surface area contributed by atoms with Crippen LogP contribution in [0.4, 0.5) is 0 Å². The van der Waals surface area contributed by atoms with Gasteiger partial charge in [-0.25, -0.2) is 4.68 Å². The second-order valence-electron chi connectivity index (χ2n) is 7.92. The number of ether oxygens (including phenoxy) is 3. The normalized spacial score (nSPS) is 16.3. The number of nitrogens with zero attached hydrogens (tertiary/aromatic N) is 5. The Labute approximate surface area is 186 Å². The number of rotatable bonds is 11. The molecule has 2 aromatic heterocycles. The molecule has 3 aromatic rings. The fourth-order valence-corrected chi connectivity index (χ4v) is 3.99. The summed E-state index contributed by atoms with van der Waals surface area (Å²) < 4.78 is 18.4. The quantitative estimate of drug-likeness (QED) is 0.479. The van der Waals surface area contributed by atoms with Gasteiger partial charge in [-0.05, 0) is 54.5 Å². The number of fused-ring (bicyclic) bond motifs is 1. The molecule has 4 rings (SSSR count). The van der Waals surface area contributed by atoms with Gasteiger partial charge >= 0.3 is 0 Å². The molecule has 0 saturated carbocycles. The van der Waals surface area contributed by atoms with Crippen LogP contribution >= 0.6 is 0 Å². The van der Waals surface area contributed by atoms with Crippen LogP contribution in [0.2, 0.25) is 0 Å². The van der Waals surface area contributed by atoms with Crippen molar-refractivity contribution in [3.05, 3.63) is 46.0 Å². The predicted octanol–water partition coefficient (Wildman–Crippen LogP) is 1.74. The average molecular weight is 443 g/mol. The molecule has 0 aliphatic carbocycles. The van der Waals surface area contributed by atoms with Crippen molar-refractivity contribution in [3.63, 3.8) is 0 Å². The molecular formula is C22H30N6O4. The minimum atomic E-state index is -0.0991. The minimum Gasteiger partial charge on any atom is -0.494 e. The molecule has 0 radical (unpaired) electrons. The van der Waals surface area contributed by atoms with Crippen LogP contribution in [0, 0.1) is 0 Å². The van der Waals surface area contributed by atoms with Gasteiger partial charge in [-0.3, -0.25) is 9.69 Å². The Bertz CT molecular complexity index is 1080. The van der Waals surface area contributed by atoms with E-state index in [1.165, 1.54) is 0 Å². The summed E-state index contributed by atoms with van der Waals surface area (Å²) in [7, 11) is 1.65. The van der Waals surface area contributed by atoms with Crippen molar-refractivity contribution in [3.8, 4) is 5.75 Å². The van der Waals surface area contributed by atoms with Crippen molar-refractivity contribution in [2.75, 3.05) is 33.5 Å². The molecule has 3 heterocycles. The van der Waals surface area contributed by atoms with E-state index in [-0.39, 0.29) is 11.7 Å². The molecular weight excluding hydrogens is 412 g/mol. The van der Waals surface area contributed by atoms with Crippen molar-refractivity contribution in [2.45, 2.75) is 45.5 Å². The number of aromatic nitrogens is 5. The summed E-state index contributed by atoms with van der Waals surface area (Å²) in [5.41, 5.74) is 1.37. The van der Waals surface area contributed by atoms with Gasteiger partial charge in [0, 0.05) is 43.3 Å². The number of H-pyrrole nitrogens is 1. The van der Waals surface area contributed by atoms with Crippen LogP contribution in [0.5, 0.6) is 5.75 Å². The van der Waals surface area contributed by atoms with E-state index in [4.69, 9.17) is 14.2 Å². The highest BCUT2D eigenvalue weighted by Gasteiger charge is 2.22. The van der Waals surface area contributed by atoms with E-state index in [1.54, 1.807) is 11.8 Å². The van der Waals surface area contributed by atoms with E-state index in [1.807, 2.05) is 31.2 Å². The summed E-state index contributed by atoms with van der Waals surface area (Å²) in [6.45, 7) is 6.09. The topological polar surface area (TPSA) is 107 Å². The Morgan fingerprint density at radius 1 is 1.31 bits per heavy atom. The number of benzene rings is 1. The number of pyridine rings is 1. The number of tetrazole rings is 1. The molecule has 10 nitrogen and oxygen atoms in total. The van der Waals surface area contributed by atoms with Crippen molar-refractivity contribution >= 4 is 10.9 Å². The SMILES string of the molecule is CCOc1ccc2[nH]c(=O)c(CN(Cc3nnnn3CCOC)CC3CCCO3)cc2c1. The lowest BCUT2D eigenvalue weighted by Gasteiger charge is -2.24. The van der Waals surface area contributed by atoms with E-state index in [9.17, 15) is 4.79 Å². The average Bonchev–Trinajstić information content (AvgIpc) is 3.45. The van der Waals surface area contributed by atoms with Gasteiger partial charge in [-0.1, -0.05) is 0 Å². The summed E-state index contributed by atoms with van der Waals surface area (Å²) in [4.78, 5) is 18.0. The van der Waals surface area contributed by atoms with Crippen LogP contribution in [0.25, 0.3) is 10.9 Å². The zero-order valence-electron chi connectivity index (χ0n) is 18.6. The van der Waals surface area contributed by atoms with Crippen molar-refractivity contribution in [1.82, 2.24) is 30.1 Å². The van der Waals surface area contributed by atoms with Crippen molar-refractivity contribution in [2.24, 2.45) is 0 Å². The third kappa shape index (κ3) is 5.50. The molecule has 0 spiro atoms. The maximum absolute atomic E-state index is 12.8. The van der Waals surface area contributed by atoms with E-state index in [2.05, 4.69) is 25.4 Å². The second kappa shape index (κ2) is 10.7. The highest BCUT2D eigenvalue weighted by atomic mass is 16.5. The predicted molar refractivity (Wildman–Crippen MR) is 119 cm³/mol. The number of methoxy groups -OCH3 is 1. The molecule has 1 N–H and O–H groups in total. The van der Waals surface area contributed by atoms with Gasteiger partial charge in [0.05, 0.1) is 32.4 Å². The van der Waals surface area contributed by atoms with Crippen molar-refractivity contribution in [1.29, 1.82) is 0 Å². The molecule has 1 aliphatic rings. The first kappa shape index (κ1) is 22.4. The van der Waals surface area contributed by atoms with Gasteiger partial charge in [0.15, 0.2) is 5.82 Å². The molecule has 0 bridgehead atoms. The Kier molecular flexibility index (Phi) is 7.46. The molecule has 10 heteroatoms. The van der Waals surface area contributed by atoms with Crippen LogP contribution in [0.3, 0.4) is 0 Å². The standard InChI is InChI=1S/C22H30N6O4/c1-3-31-18-6-7-20-16(12-18)11-17(22(29)23-20)13-27(14-19-5-4-9-32-19)15-21-24-25-26-28(21)8-10-30-2/h6-7,11-12,19H,3-5,8-10,13-15H2,1-2H3,(H,23,29). The summed E-state index contributed by atoms with van der Waals surface area (Å²) in [5, 5.41) is 13.0. The third-order valence-corrected chi connectivity index (χ3v) is 5.56. The van der Waals surface area contributed by atoms with E-state index in [0.29, 0.717) is 45.0 Å². The monoisotopic (exact) mass is 442 g/mol. The maximum atomic E-state index is 12.8. The number of aromatic amines is 1. The number of hydrogen-bond donors (Lipinski definition) is 1. The van der Waals surface area contributed by atoms with Gasteiger partial charge in [0.1, 0.15) is 5.75 Å². The lowest BCUT2D eigenvalue weighted by atomic mass is 10.1. The first-order chi connectivity index (χ1) is 15.7. The van der Waals surface area contributed by atoms with Crippen LogP contribution in [-0.2, 0) is 29.1 Å². The number of hydrogen-bond acceptors (Lipinski definition) is 8. The molecule has 1 fully saturated rings. The fraction of sp³-hybridized carbons (Fsp3) is 0.545. The zero-order valence-corrected chi connectivity index (χ0v) is 18.6. The number of nitrogens with one attached hydrogen (secondary N) is 1. The Morgan fingerprint density at radius 3 is 3.00 bits per heavy atom. The highest BCUT2D eigenvalue weighted by molar-refractivity contribution is 5.80. The summed E-state index contributed by atoms with van der Waals surface area (Å²) in [6, 6.07) is 7.63. The maximum Gasteiger partial charge on any atom is 0.252 e. The molecule has 1 saturated heterocycles. The van der Waals surface area contributed by atoms with Crippen LogP contribution in [0.15, 0.2) is 29.1 Å². The lowest BCUT2D eigenvalue weighted by molar-refractivity contribution is 0.0660. The van der Waals surface area contributed by atoms with Gasteiger partial charge < -0.3 is 19.2 Å². The smallest absolute Gasteiger partial charge is 0.252 e. The Morgan fingerprint density at radius 2 is 2.22 bits per heavy atom. The van der Waals surface area contributed by atoms with Crippen LogP contribution in [0.1, 0.15) is 31.2 Å². The van der Waals surface area contributed by atoms with Gasteiger partial charge in [-0.2, -0.15) is 0 Å². The fourth-order valence-electron chi connectivity index (χ4n) is 3.99. The summed E-state index contributed by atoms with van der Waals surface area (Å²) >= 11 is 0. The second-order valence-corrected chi connectivity index (χ2v) is 7.92. The van der Waals surface area contributed by atoms with Gasteiger partial charge in [0.2, 0.25) is 0 Å². The lowest BCUT2D eigenvalue weighted by Crippen LogP contribution is -2.34.